The minimum atomic E-state index is -0.137. The fraction of sp³-hybridized carbons (Fsp3) is 0.727. The van der Waals surface area contributed by atoms with Gasteiger partial charge in [-0.05, 0) is 54.9 Å². The van der Waals surface area contributed by atoms with Crippen molar-refractivity contribution in [3.63, 3.8) is 0 Å². The number of rotatable bonds is 1. The van der Waals surface area contributed by atoms with E-state index in [4.69, 9.17) is 4.74 Å². The highest BCUT2D eigenvalue weighted by Crippen LogP contribution is 2.67. The highest BCUT2D eigenvalue weighted by Gasteiger charge is 2.62. The zero-order chi connectivity index (χ0) is 18.1. The molecule has 0 saturated heterocycles. The maximum absolute atomic E-state index is 12.6. The number of ether oxygens (including phenoxy) is 1. The molecule has 0 aromatic rings. The van der Waals surface area contributed by atoms with Crippen LogP contribution in [0.25, 0.3) is 0 Å². The average molecular weight is 342 g/mol. The predicted molar refractivity (Wildman–Crippen MR) is 96.7 cm³/mol. The topological polar surface area (TPSA) is 43.4 Å². The molecule has 0 radical (unpaired) electrons. The standard InChI is InChI=1S/C22H30O3/c1-12-13(2)19-20(25-5)16(23)9-11-22(19,4)15-8-10-21(3)14(18(12)15)6-7-17(21)24/h12,14-15,18H,2,6-11H2,1,3-5H3/t12?,14-,15+,18-,21-,22+/m0/s1. The lowest BCUT2D eigenvalue weighted by atomic mass is 9.44. The number of fused-ring (bicyclic) bond motifs is 5. The van der Waals surface area contributed by atoms with E-state index in [0.29, 0.717) is 41.6 Å². The highest BCUT2D eigenvalue weighted by molar-refractivity contribution is 5.96. The number of carbonyl (C=O) groups is 2. The molecule has 1 unspecified atom stereocenters. The van der Waals surface area contributed by atoms with Gasteiger partial charge >= 0.3 is 0 Å². The van der Waals surface area contributed by atoms with Crippen LogP contribution in [0.4, 0.5) is 0 Å². The van der Waals surface area contributed by atoms with Crippen molar-refractivity contribution >= 4 is 11.6 Å². The van der Waals surface area contributed by atoms with Gasteiger partial charge < -0.3 is 4.74 Å². The van der Waals surface area contributed by atoms with Crippen molar-refractivity contribution in [2.45, 2.75) is 59.3 Å². The lowest BCUT2D eigenvalue weighted by Gasteiger charge is -2.59. The van der Waals surface area contributed by atoms with E-state index in [-0.39, 0.29) is 16.6 Å². The van der Waals surface area contributed by atoms with E-state index in [1.165, 1.54) is 0 Å². The summed E-state index contributed by atoms with van der Waals surface area (Å²) in [6.45, 7) is 11.2. The van der Waals surface area contributed by atoms with Gasteiger partial charge in [0, 0.05) is 29.2 Å². The molecule has 6 atom stereocenters. The Morgan fingerprint density at radius 2 is 1.72 bits per heavy atom. The van der Waals surface area contributed by atoms with Gasteiger partial charge in [0.1, 0.15) is 5.78 Å². The molecule has 0 amide bonds. The number of ketones is 2. The van der Waals surface area contributed by atoms with Crippen LogP contribution in [-0.4, -0.2) is 18.7 Å². The molecule has 3 heteroatoms. The van der Waals surface area contributed by atoms with Gasteiger partial charge in [0.25, 0.3) is 0 Å². The second kappa shape index (κ2) is 5.31. The lowest BCUT2D eigenvalue weighted by molar-refractivity contribution is -0.133. The Balaban J connectivity index is 1.85. The molecule has 0 aromatic heterocycles. The van der Waals surface area contributed by atoms with Crippen LogP contribution in [0.15, 0.2) is 23.5 Å². The first-order valence-electron chi connectivity index (χ1n) is 9.80. The molecule has 4 aliphatic carbocycles. The molecule has 3 nitrogen and oxygen atoms in total. The molecule has 0 spiro atoms. The van der Waals surface area contributed by atoms with Gasteiger partial charge in [-0.1, -0.05) is 27.4 Å². The third-order valence-corrected chi connectivity index (χ3v) is 8.44. The van der Waals surface area contributed by atoms with E-state index >= 15 is 0 Å². The van der Waals surface area contributed by atoms with Crippen LogP contribution in [0.2, 0.25) is 0 Å². The summed E-state index contributed by atoms with van der Waals surface area (Å²) in [6, 6.07) is 0. The molecule has 136 valence electrons. The smallest absolute Gasteiger partial charge is 0.197 e. The Bertz CT molecular complexity index is 702. The Kier molecular flexibility index (Phi) is 3.62. The molecular weight excluding hydrogens is 312 g/mol. The second-order valence-electron chi connectivity index (χ2n) is 9.27. The Hall–Kier alpha value is -1.38. The Morgan fingerprint density at radius 1 is 1.04 bits per heavy atom. The molecule has 0 heterocycles. The van der Waals surface area contributed by atoms with E-state index in [0.717, 1.165) is 43.3 Å². The summed E-state index contributed by atoms with van der Waals surface area (Å²) < 4.78 is 5.58. The Morgan fingerprint density at radius 3 is 2.40 bits per heavy atom. The first-order valence-corrected chi connectivity index (χ1v) is 9.80. The summed E-state index contributed by atoms with van der Waals surface area (Å²) in [4.78, 5) is 25.0. The summed E-state index contributed by atoms with van der Waals surface area (Å²) >= 11 is 0. The van der Waals surface area contributed by atoms with E-state index in [2.05, 4.69) is 27.4 Å². The van der Waals surface area contributed by atoms with Crippen LogP contribution < -0.4 is 0 Å². The summed E-state index contributed by atoms with van der Waals surface area (Å²) in [7, 11) is 1.61. The highest BCUT2D eigenvalue weighted by atomic mass is 16.5. The second-order valence-corrected chi connectivity index (χ2v) is 9.27. The molecular formula is C22H30O3. The van der Waals surface area contributed by atoms with E-state index < -0.39 is 0 Å². The van der Waals surface area contributed by atoms with Gasteiger partial charge in [0.2, 0.25) is 0 Å². The summed E-state index contributed by atoms with van der Waals surface area (Å²) in [5.41, 5.74) is 1.99. The van der Waals surface area contributed by atoms with Crippen molar-refractivity contribution < 1.29 is 14.3 Å². The van der Waals surface area contributed by atoms with Crippen molar-refractivity contribution in [3.8, 4) is 0 Å². The molecule has 3 fully saturated rings. The quantitative estimate of drug-likeness (QED) is 0.706. The number of hydrogen-bond acceptors (Lipinski definition) is 3. The summed E-state index contributed by atoms with van der Waals surface area (Å²) in [5, 5.41) is 0. The normalized spacial score (nSPS) is 46.6. The first kappa shape index (κ1) is 17.1. The fourth-order valence-electron chi connectivity index (χ4n) is 6.98. The van der Waals surface area contributed by atoms with Gasteiger partial charge in [0.05, 0.1) is 7.11 Å². The molecule has 25 heavy (non-hydrogen) atoms. The average Bonchev–Trinajstić information content (AvgIpc) is 2.89. The first-order chi connectivity index (χ1) is 11.8. The third-order valence-electron chi connectivity index (χ3n) is 8.44. The van der Waals surface area contributed by atoms with Crippen LogP contribution in [0.1, 0.15) is 59.3 Å². The van der Waals surface area contributed by atoms with E-state index in [1.54, 1.807) is 7.11 Å². The molecule has 4 rings (SSSR count). The van der Waals surface area contributed by atoms with Crippen molar-refractivity contribution in [1.82, 2.24) is 0 Å². The van der Waals surface area contributed by atoms with Crippen LogP contribution in [0, 0.1) is 34.5 Å². The molecule has 0 N–H and O–H groups in total. The maximum Gasteiger partial charge on any atom is 0.197 e. The van der Waals surface area contributed by atoms with Crippen LogP contribution in [0.3, 0.4) is 0 Å². The minimum absolute atomic E-state index is 0.0412. The van der Waals surface area contributed by atoms with Gasteiger partial charge in [-0.2, -0.15) is 0 Å². The zero-order valence-electron chi connectivity index (χ0n) is 16.0. The Labute approximate surface area is 150 Å². The number of methoxy groups -OCH3 is 1. The largest absolute Gasteiger partial charge is 0.493 e. The maximum atomic E-state index is 12.6. The number of hydrogen-bond donors (Lipinski definition) is 0. The SMILES string of the molecule is C=C1C2=C(OC)C(=O)CC[C@]2(C)[C@@H]2CC[C@]3(C)C(=O)CC[C@H]3[C@@H]2C1C. The third kappa shape index (κ3) is 1.98. The van der Waals surface area contributed by atoms with E-state index in [1.807, 2.05) is 0 Å². The summed E-state index contributed by atoms with van der Waals surface area (Å²) in [5.74, 6) is 2.94. The molecule has 3 saturated carbocycles. The van der Waals surface area contributed by atoms with Gasteiger partial charge in [-0.15, -0.1) is 0 Å². The molecule has 0 aliphatic heterocycles. The number of carbonyl (C=O) groups excluding carboxylic acids is 2. The molecule has 0 bridgehead atoms. The monoisotopic (exact) mass is 342 g/mol. The van der Waals surface area contributed by atoms with Crippen LogP contribution in [0.5, 0.6) is 0 Å². The fourth-order valence-corrected chi connectivity index (χ4v) is 6.98. The van der Waals surface area contributed by atoms with Crippen molar-refractivity contribution in [1.29, 1.82) is 0 Å². The number of Topliss-reactive ketones (excluding diaryl/α,β-unsaturated/α-hetero) is 2. The molecule has 0 aromatic carbocycles. The lowest BCUT2D eigenvalue weighted by Crippen LogP contribution is -2.54. The van der Waals surface area contributed by atoms with Gasteiger partial charge in [-0.3, -0.25) is 9.59 Å². The number of allylic oxidation sites excluding steroid dienone is 2. The zero-order valence-corrected chi connectivity index (χ0v) is 16.0. The van der Waals surface area contributed by atoms with Gasteiger partial charge in [0.15, 0.2) is 11.5 Å². The van der Waals surface area contributed by atoms with Crippen LogP contribution in [-0.2, 0) is 14.3 Å². The summed E-state index contributed by atoms with van der Waals surface area (Å²) in [6.07, 6.45) is 5.29. The van der Waals surface area contributed by atoms with Crippen molar-refractivity contribution in [2.24, 2.45) is 34.5 Å². The predicted octanol–water partition coefficient (Wildman–Crippen LogP) is 4.47. The molecule has 4 aliphatic rings. The van der Waals surface area contributed by atoms with Crippen molar-refractivity contribution in [2.75, 3.05) is 7.11 Å². The van der Waals surface area contributed by atoms with Gasteiger partial charge in [-0.25, -0.2) is 0 Å². The van der Waals surface area contributed by atoms with Crippen LogP contribution >= 0.6 is 0 Å². The van der Waals surface area contributed by atoms with Crippen molar-refractivity contribution in [3.05, 3.63) is 23.5 Å². The minimum Gasteiger partial charge on any atom is -0.493 e. The van der Waals surface area contributed by atoms with E-state index in [9.17, 15) is 9.59 Å².